The number of benzene rings is 1. The fraction of sp³-hybridized carbons (Fsp3) is 0.400. The zero-order chi connectivity index (χ0) is 27.0. The first-order valence-electron chi connectivity index (χ1n) is 12.1. The van der Waals surface area contributed by atoms with Crippen LogP contribution in [0.3, 0.4) is 0 Å². The van der Waals surface area contributed by atoms with Crippen molar-refractivity contribution in [1.82, 2.24) is 20.2 Å². The molecule has 2 aliphatic heterocycles. The van der Waals surface area contributed by atoms with E-state index in [1.54, 1.807) is 13.0 Å². The number of aromatic nitrogens is 2. The number of halogens is 3. The van der Waals surface area contributed by atoms with Crippen molar-refractivity contribution in [2.45, 2.75) is 38.0 Å². The molecule has 2 aliphatic rings. The van der Waals surface area contributed by atoms with Gasteiger partial charge in [0.05, 0.1) is 13.2 Å². The van der Waals surface area contributed by atoms with Gasteiger partial charge in [0.25, 0.3) is 5.91 Å². The van der Waals surface area contributed by atoms with Crippen LogP contribution in [0.25, 0.3) is 22.4 Å². The van der Waals surface area contributed by atoms with Crippen LogP contribution in [0, 0.1) is 0 Å². The van der Waals surface area contributed by atoms with Gasteiger partial charge in [-0.1, -0.05) is 0 Å². The van der Waals surface area contributed by atoms with Gasteiger partial charge in [0, 0.05) is 49.3 Å². The molecule has 3 aromatic rings. The van der Waals surface area contributed by atoms with Crippen molar-refractivity contribution >= 4 is 29.0 Å². The molecular weight excluding hydrogens is 503 g/mol. The average molecular weight is 530 g/mol. The number of rotatable bonds is 5. The van der Waals surface area contributed by atoms with Crippen LogP contribution in [-0.4, -0.2) is 65.7 Å². The molecule has 200 valence electrons. The topological polar surface area (TPSA) is 131 Å². The average Bonchev–Trinajstić information content (AvgIpc) is 3.55. The maximum atomic E-state index is 13.3. The Bertz CT molecular complexity index is 1430. The lowest BCUT2D eigenvalue weighted by molar-refractivity contribution is -0.140. The molecule has 0 saturated carbocycles. The number of carbonyl (C=O) groups is 1. The zero-order valence-corrected chi connectivity index (χ0v) is 20.7. The van der Waals surface area contributed by atoms with E-state index in [0.717, 1.165) is 12.5 Å². The summed E-state index contributed by atoms with van der Waals surface area (Å²) in [5, 5.41) is 3.30. The second kappa shape index (κ2) is 10.0. The van der Waals surface area contributed by atoms with Crippen LogP contribution in [-0.2, 0) is 6.18 Å². The Hall–Kier alpha value is -4.00. The Morgan fingerprint density at radius 1 is 1.26 bits per heavy atom. The highest BCUT2D eigenvalue weighted by Gasteiger charge is 2.34. The second-order valence-corrected chi connectivity index (χ2v) is 9.11. The minimum atomic E-state index is -4.63. The van der Waals surface area contributed by atoms with Gasteiger partial charge in [-0.15, -0.1) is 0 Å². The number of guanidine groups is 1. The summed E-state index contributed by atoms with van der Waals surface area (Å²) in [6.07, 6.45) is -1.27. The number of nitrogens with zero attached hydrogens (tertiary/aromatic N) is 5. The predicted octanol–water partition coefficient (Wildman–Crippen LogP) is 3.57. The van der Waals surface area contributed by atoms with Crippen LogP contribution in [0.4, 0.5) is 13.2 Å². The van der Waals surface area contributed by atoms with Gasteiger partial charge in [-0.3, -0.25) is 9.79 Å². The number of hydrogen-bond acceptors (Lipinski definition) is 9. The number of alkyl halides is 3. The summed E-state index contributed by atoms with van der Waals surface area (Å²) in [7, 11) is 1.34. The van der Waals surface area contributed by atoms with Crippen LogP contribution in [0.2, 0.25) is 0 Å². The first-order chi connectivity index (χ1) is 18.2. The Balaban J connectivity index is 1.45. The van der Waals surface area contributed by atoms with Crippen molar-refractivity contribution in [3.8, 4) is 17.2 Å². The van der Waals surface area contributed by atoms with Crippen LogP contribution >= 0.6 is 0 Å². The molecular formula is C25H26F3N7O3. The van der Waals surface area contributed by atoms with E-state index < -0.39 is 23.8 Å². The van der Waals surface area contributed by atoms with E-state index in [9.17, 15) is 18.0 Å². The number of pyridine rings is 1. The van der Waals surface area contributed by atoms with Gasteiger partial charge in [-0.2, -0.15) is 13.2 Å². The first kappa shape index (κ1) is 25.6. The van der Waals surface area contributed by atoms with Gasteiger partial charge in [-0.05, 0) is 37.6 Å². The van der Waals surface area contributed by atoms with E-state index in [2.05, 4.69) is 25.3 Å². The summed E-state index contributed by atoms with van der Waals surface area (Å²) in [5.41, 5.74) is 5.39. The molecule has 0 bridgehead atoms. The molecule has 4 heterocycles. The van der Waals surface area contributed by atoms with Gasteiger partial charge in [0.2, 0.25) is 11.9 Å². The number of nitrogens with one attached hydrogen (secondary N) is 1. The third kappa shape index (κ3) is 4.93. The molecule has 0 spiro atoms. The molecule has 2 atom stereocenters. The maximum Gasteiger partial charge on any atom is 0.433 e. The molecule has 2 aromatic heterocycles. The summed E-state index contributed by atoms with van der Waals surface area (Å²) < 4.78 is 51.0. The monoisotopic (exact) mass is 529 g/mol. The van der Waals surface area contributed by atoms with E-state index in [0.29, 0.717) is 43.0 Å². The van der Waals surface area contributed by atoms with Crippen molar-refractivity contribution in [2.24, 2.45) is 15.7 Å². The molecule has 0 radical (unpaired) electrons. The van der Waals surface area contributed by atoms with Crippen molar-refractivity contribution in [2.75, 3.05) is 26.7 Å². The largest absolute Gasteiger partial charge is 0.494 e. The first-order valence-corrected chi connectivity index (χ1v) is 12.1. The van der Waals surface area contributed by atoms with Crippen LogP contribution in [0.5, 0.6) is 5.75 Å². The lowest BCUT2D eigenvalue weighted by Gasteiger charge is -2.19. The number of oxazole rings is 1. The standard InChI is InChI=1S/C25H26F3N7O3/c1-13(29)21-20(22(36)32-14-8-11-35(12-14)24-30-9-3-10-31-24)34-23(38-21)16-4-6-17(37-2)19-15(16)5-7-18(33-19)25(26,27)28/h4-7,9,13-14H,3,8,10-12,29H2,1-2H3,(H,32,36)/t13-,14?/m0/s1. The molecule has 5 rings (SSSR count). The minimum Gasteiger partial charge on any atom is -0.494 e. The van der Waals surface area contributed by atoms with Crippen LogP contribution in [0.15, 0.2) is 38.7 Å². The minimum absolute atomic E-state index is 0.00861. The molecule has 1 fully saturated rings. The number of methoxy groups -OCH3 is 1. The number of likely N-dealkylation sites (tertiary alicyclic amines) is 1. The summed E-state index contributed by atoms with van der Waals surface area (Å²) in [6.45, 7) is 3.60. The molecule has 38 heavy (non-hydrogen) atoms. The molecule has 0 aliphatic carbocycles. The Morgan fingerprint density at radius 3 is 2.76 bits per heavy atom. The number of ether oxygens (including phenoxy) is 1. The number of hydrogen-bond donors (Lipinski definition) is 2. The summed E-state index contributed by atoms with van der Waals surface area (Å²) in [6, 6.07) is 4.40. The number of aliphatic imine (C=N–C) groups is 2. The maximum absolute atomic E-state index is 13.3. The number of fused-ring (bicyclic) bond motifs is 1. The fourth-order valence-electron chi connectivity index (χ4n) is 4.52. The number of amides is 1. The summed E-state index contributed by atoms with van der Waals surface area (Å²) in [5.74, 6) is 0.572. The third-order valence-corrected chi connectivity index (χ3v) is 6.37. The number of nitrogens with two attached hydrogens (primary N) is 1. The molecule has 10 nitrogen and oxygen atoms in total. The van der Waals surface area contributed by atoms with E-state index in [-0.39, 0.29) is 34.7 Å². The normalized spacial score (nSPS) is 18.5. The quantitative estimate of drug-likeness (QED) is 0.517. The lowest BCUT2D eigenvalue weighted by atomic mass is 10.1. The molecule has 1 saturated heterocycles. The van der Waals surface area contributed by atoms with Crippen molar-refractivity contribution in [1.29, 1.82) is 0 Å². The van der Waals surface area contributed by atoms with Crippen molar-refractivity contribution in [3.63, 3.8) is 0 Å². The molecule has 13 heteroatoms. The van der Waals surface area contributed by atoms with Gasteiger partial charge in [0.15, 0.2) is 11.5 Å². The summed E-state index contributed by atoms with van der Waals surface area (Å²) in [4.78, 5) is 32.2. The lowest BCUT2D eigenvalue weighted by Crippen LogP contribution is -2.39. The highest BCUT2D eigenvalue weighted by molar-refractivity contribution is 5.98. The molecule has 1 unspecified atom stereocenters. The van der Waals surface area contributed by atoms with Gasteiger partial charge < -0.3 is 25.1 Å². The van der Waals surface area contributed by atoms with E-state index in [4.69, 9.17) is 14.9 Å². The van der Waals surface area contributed by atoms with Crippen molar-refractivity contribution < 1.29 is 27.1 Å². The van der Waals surface area contributed by atoms with Crippen LogP contribution in [0.1, 0.15) is 47.7 Å². The van der Waals surface area contributed by atoms with Gasteiger partial charge >= 0.3 is 6.18 Å². The molecule has 1 aromatic carbocycles. The highest BCUT2D eigenvalue weighted by Crippen LogP contribution is 2.37. The zero-order valence-electron chi connectivity index (χ0n) is 20.7. The third-order valence-electron chi connectivity index (χ3n) is 6.37. The molecule has 3 N–H and O–H groups in total. The number of carbonyl (C=O) groups excluding carboxylic acids is 1. The van der Waals surface area contributed by atoms with Gasteiger partial charge in [-0.25, -0.2) is 15.0 Å². The second-order valence-electron chi connectivity index (χ2n) is 9.11. The highest BCUT2D eigenvalue weighted by atomic mass is 19.4. The van der Waals surface area contributed by atoms with E-state index >= 15 is 0 Å². The Morgan fingerprint density at radius 2 is 2.08 bits per heavy atom. The molecule has 1 amide bonds. The van der Waals surface area contributed by atoms with Crippen molar-refractivity contribution in [3.05, 3.63) is 41.4 Å². The fourth-order valence-corrected chi connectivity index (χ4v) is 4.52. The van der Waals surface area contributed by atoms with Crippen LogP contribution < -0.4 is 15.8 Å². The SMILES string of the molecule is COc1ccc(-c2nc(C(=O)NC3CCN(C4=NCCC=N4)C3)c([C@H](C)N)o2)c2ccc(C(F)(F)F)nc12. The predicted molar refractivity (Wildman–Crippen MR) is 134 cm³/mol. The Labute approximate surface area is 215 Å². The summed E-state index contributed by atoms with van der Waals surface area (Å²) >= 11 is 0. The van der Waals surface area contributed by atoms with E-state index in [1.165, 1.54) is 19.2 Å². The smallest absolute Gasteiger partial charge is 0.433 e. The Kier molecular flexibility index (Phi) is 6.78. The van der Waals surface area contributed by atoms with Gasteiger partial charge in [0.1, 0.15) is 17.0 Å². The van der Waals surface area contributed by atoms with E-state index in [1.807, 2.05) is 11.1 Å².